The number of nitrogens with two attached hydrogens (primary N) is 1. The van der Waals surface area contributed by atoms with Crippen LogP contribution in [0.4, 0.5) is 0 Å². The van der Waals surface area contributed by atoms with Crippen LogP contribution >= 0.6 is 0 Å². The number of hydrogen-bond acceptors (Lipinski definition) is 3. The quantitative estimate of drug-likeness (QED) is 0.828. The van der Waals surface area contributed by atoms with Crippen LogP contribution in [0.1, 0.15) is 44.9 Å². The van der Waals surface area contributed by atoms with Gasteiger partial charge in [-0.15, -0.1) is 0 Å². The van der Waals surface area contributed by atoms with E-state index in [-0.39, 0.29) is 11.5 Å². The van der Waals surface area contributed by atoms with Crippen LogP contribution in [0.15, 0.2) is 0 Å². The zero-order valence-corrected chi connectivity index (χ0v) is 11.5. The highest BCUT2D eigenvalue weighted by atomic mass is 16.5. The van der Waals surface area contributed by atoms with Gasteiger partial charge < -0.3 is 15.4 Å². The summed E-state index contributed by atoms with van der Waals surface area (Å²) in [7, 11) is 1.71. The molecule has 2 rings (SSSR count). The molecule has 0 aromatic carbocycles. The van der Waals surface area contributed by atoms with E-state index in [1.165, 1.54) is 12.8 Å². The Balaban J connectivity index is 2.03. The third-order valence-electron chi connectivity index (χ3n) is 4.54. The van der Waals surface area contributed by atoms with Crippen molar-refractivity contribution in [2.75, 3.05) is 26.8 Å². The van der Waals surface area contributed by atoms with Gasteiger partial charge in [0, 0.05) is 32.8 Å². The van der Waals surface area contributed by atoms with Crippen LogP contribution < -0.4 is 5.73 Å². The number of piperidine rings is 1. The summed E-state index contributed by atoms with van der Waals surface area (Å²) in [6.07, 6.45) is 7.38. The molecule has 0 bridgehead atoms. The largest absolute Gasteiger partial charge is 0.385 e. The minimum absolute atomic E-state index is 0.146. The third-order valence-corrected chi connectivity index (χ3v) is 4.54. The lowest BCUT2D eigenvalue weighted by Gasteiger charge is -2.38. The van der Waals surface area contributed by atoms with Gasteiger partial charge >= 0.3 is 0 Å². The van der Waals surface area contributed by atoms with Crippen LogP contribution in [-0.4, -0.2) is 43.7 Å². The maximum Gasteiger partial charge on any atom is 0.228 e. The molecule has 1 atom stereocenters. The molecule has 1 aliphatic carbocycles. The molecule has 1 heterocycles. The van der Waals surface area contributed by atoms with Crippen molar-refractivity contribution in [3.05, 3.63) is 0 Å². The highest BCUT2D eigenvalue weighted by Gasteiger charge is 2.43. The number of carbonyl (C=O) groups excluding carboxylic acids is 1. The van der Waals surface area contributed by atoms with Gasteiger partial charge in [0.1, 0.15) is 0 Å². The Kier molecular flexibility index (Phi) is 4.62. The molecule has 4 nitrogen and oxygen atoms in total. The Morgan fingerprint density at radius 1 is 1.39 bits per heavy atom. The summed E-state index contributed by atoms with van der Waals surface area (Å²) >= 11 is 0. The maximum atomic E-state index is 12.8. The molecular weight excluding hydrogens is 228 g/mol. The fraction of sp³-hybridized carbons (Fsp3) is 0.929. The molecule has 0 spiro atoms. The first kappa shape index (κ1) is 13.8. The summed E-state index contributed by atoms with van der Waals surface area (Å²) < 4.78 is 5.19. The number of likely N-dealkylation sites (tertiary alicyclic amines) is 1. The third kappa shape index (κ3) is 2.86. The van der Waals surface area contributed by atoms with Crippen molar-refractivity contribution in [1.82, 2.24) is 4.90 Å². The SMILES string of the molecule is COCCC1(C(=O)N2CCCC(N)C2)CCCC1. The minimum Gasteiger partial charge on any atom is -0.385 e. The maximum absolute atomic E-state index is 12.8. The number of nitrogens with zero attached hydrogens (tertiary/aromatic N) is 1. The molecule has 1 aliphatic heterocycles. The Hall–Kier alpha value is -0.610. The summed E-state index contributed by atoms with van der Waals surface area (Å²) in [4.78, 5) is 14.8. The van der Waals surface area contributed by atoms with Gasteiger partial charge in [0.2, 0.25) is 5.91 Å². The van der Waals surface area contributed by atoms with Crippen LogP contribution in [0.25, 0.3) is 0 Å². The average Bonchev–Trinajstić information content (AvgIpc) is 2.85. The standard InChI is InChI=1S/C14H26N2O2/c1-18-10-8-14(6-2-3-7-14)13(17)16-9-4-5-12(15)11-16/h12H,2-11,15H2,1H3. The second kappa shape index (κ2) is 6.02. The monoisotopic (exact) mass is 254 g/mol. The van der Waals surface area contributed by atoms with E-state index in [4.69, 9.17) is 10.5 Å². The summed E-state index contributed by atoms with van der Waals surface area (Å²) in [5.41, 5.74) is 5.84. The van der Waals surface area contributed by atoms with Gasteiger partial charge in [0.25, 0.3) is 0 Å². The van der Waals surface area contributed by atoms with Gasteiger partial charge in [-0.25, -0.2) is 0 Å². The van der Waals surface area contributed by atoms with Crippen molar-refractivity contribution in [1.29, 1.82) is 0 Å². The van der Waals surface area contributed by atoms with Gasteiger partial charge in [-0.05, 0) is 32.1 Å². The highest BCUT2D eigenvalue weighted by Crippen LogP contribution is 2.43. The number of rotatable bonds is 4. The van der Waals surface area contributed by atoms with E-state index in [1.54, 1.807) is 7.11 Å². The molecule has 2 fully saturated rings. The molecule has 2 aliphatic rings. The molecule has 18 heavy (non-hydrogen) atoms. The number of methoxy groups -OCH3 is 1. The van der Waals surface area contributed by atoms with Gasteiger partial charge in [-0.1, -0.05) is 12.8 Å². The zero-order valence-electron chi connectivity index (χ0n) is 11.5. The smallest absolute Gasteiger partial charge is 0.228 e. The summed E-state index contributed by atoms with van der Waals surface area (Å²) in [5.74, 6) is 0.340. The first-order chi connectivity index (χ1) is 8.68. The van der Waals surface area contributed by atoms with Crippen LogP contribution in [0.2, 0.25) is 0 Å². The molecule has 0 aromatic rings. The van der Waals surface area contributed by atoms with Gasteiger partial charge in [-0.2, -0.15) is 0 Å². The average molecular weight is 254 g/mol. The zero-order chi connectivity index (χ0) is 13.0. The van der Waals surface area contributed by atoms with E-state index in [0.717, 1.165) is 45.2 Å². The molecule has 0 radical (unpaired) electrons. The number of ether oxygens (including phenoxy) is 1. The molecule has 1 saturated heterocycles. The van der Waals surface area contributed by atoms with Crippen LogP contribution in [0, 0.1) is 5.41 Å². The van der Waals surface area contributed by atoms with E-state index in [1.807, 2.05) is 4.90 Å². The number of hydrogen-bond donors (Lipinski definition) is 1. The predicted molar refractivity (Wildman–Crippen MR) is 71.2 cm³/mol. The van der Waals surface area contributed by atoms with Gasteiger partial charge in [0.05, 0.1) is 5.41 Å². The second-order valence-electron chi connectivity index (χ2n) is 5.88. The van der Waals surface area contributed by atoms with Gasteiger partial charge in [-0.3, -0.25) is 4.79 Å². The van der Waals surface area contributed by atoms with Crippen LogP contribution in [0.3, 0.4) is 0 Å². The fourth-order valence-electron chi connectivity index (χ4n) is 3.45. The van der Waals surface area contributed by atoms with E-state index < -0.39 is 0 Å². The number of carbonyl (C=O) groups is 1. The first-order valence-corrected chi connectivity index (χ1v) is 7.22. The Labute approximate surface area is 110 Å². The van der Waals surface area contributed by atoms with E-state index in [0.29, 0.717) is 12.5 Å². The Bertz CT molecular complexity index is 288. The normalized spacial score (nSPS) is 27.4. The Morgan fingerprint density at radius 2 is 2.11 bits per heavy atom. The van der Waals surface area contributed by atoms with Crippen molar-refractivity contribution in [2.24, 2.45) is 11.1 Å². The van der Waals surface area contributed by atoms with Crippen molar-refractivity contribution in [2.45, 2.75) is 51.0 Å². The van der Waals surface area contributed by atoms with Crippen LogP contribution in [-0.2, 0) is 9.53 Å². The van der Waals surface area contributed by atoms with E-state index in [2.05, 4.69) is 0 Å². The highest BCUT2D eigenvalue weighted by molar-refractivity contribution is 5.83. The van der Waals surface area contributed by atoms with E-state index >= 15 is 0 Å². The second-order valence-corrected chi connectivity index (χ2v) is 5.88. The minimum atomic E-state index is -0.146. The van der Waals surface area contributed by atoms with Gasteiger partial charge in [0.15, 0.2) is 0 Å². The molecule has 1 unspecified atom stereocenters. The fourth-order valence-corrected chi connectivity index (χ4v) is 3.45. The lowest BCUT2D eigenvalue weighted by molar-refractivity contribution is -0.144. The molecule has 1 saturated carbocycles. The first-order valence-electron chi connectivity index (χ1n) is 7.22. The topological polar surface area (TPSA) is 55.6 Å². The summed E-state index contributed by atoms with van der Waals surface area (Å²) in [6.45, 7) is 2.32. The lowest BCUT2D eigenvalue weighted by Crippen LogP contribution is -2.51. The molecule has 0 aromatic heterocycles. The molecule has 1 amide bonds. The van der Waals surface area contributed by atoms with E-state index in [9.17, 15) is 4.79 Å². The van der Waals surface area contributed by atoms with Crippen molar-refractivity contribution in [3.63, 3.8) is 0 Å². The molecule has 2 N–H and O–H groups in total. The molecular formula is C14H26N2O2. The summed E-state index contributed by atoms with van der Waals surface area (Å²) in [5, 5.41) is 0. The Morgan fingerprint density at radius 3 is 2.72 bits per heavy atom. The summed E-state index contributed by atoms with van der Waals surface area (Å²) in [6, 6.07) is 0.170. The van der Waals surface area contributed by atoms with Crippen molar-refractivity contribution >= 4 is 5.91 Å². The lowest BCUT2D eigenvalue weighted by atomic mass is 9.81. The number of amides is 1. The molecule has 4 heteroatoms. The van der Waals surface area contributed by atoms with Crippen molar-refractivity contribution in [3.8, 4) is 0 Å². The van der Waals surface area contributed by atoms with Crippen LogP contribution in [0.5, 0.6) is 0 Å². The van der Waals surface area contributed by atoms with Crippen molar-refractivity contribution < 1.29 is 9.53 Å². The molecule has 104 valence electrons. The predicted octanol–water partition coefficient (Wildman–Crippen LogP) is 1.53.